The second kappa shape index (κ2) is 6.76. The minimum Gasteiger partial charge on any atom is -0.354 e. The first kappa shape index (κ1) is 15.4. The quantitative estimate of drug-likeness (QED) is 0.756. The monoisotopic (exact) mass is 327 g/mol. The molecule has 0 radical (unpaired) electrons. The van der Waals surface area contributed by atoms with Crippen LogP contribution < -0.4 is 10.6 Å². The molecule has 1 aliphatic carbocycles. The van der Waals surface area contributed by atoms with E-state index in [-0.39, 0.29) is 0 Å². The van der Waals surface area contributed by atoms with E-state index in [2.05, 4.69) is 48.8 Å². The number of likely N-dealkylation sites (tertiary alicyclic amines) is 1. The van der Waals surface area contributed by atoms with Crippen molar-refractivity contribution in [2.24, 2.45) is 5.92 Å². The number of nitrogens with one attached hydrogen (secondary N) is 3. The highest BCUT2D eigenvalue weighted by molar-refractivity contribution is 5.53. The number of hydrogen-bond donors (Lipinski definition) is 3. The predicted molar refractivity (Wildman–Crippen MR) is 94.6 cm³/mol. The maximum atomic E-state index is 4.54. The molecule has 0 atom stereocenters. The van der Waals surface area contributed by atoms with Crippen LogP contribution in [0.25, 0.3) is 0 Å². The average Bonchev–Trinajstić information content (AvgIpc) is 3.35. The summed E-state index contributed by atoms with van der Waals surface area (Å²) in [4.78, 5) is 11.2. The van der Waals surface area contributed by atoms with Crippen LogP contribution in [0.1, 0.15) is 37.3 Å². The summed E-state index contributed by atoms with van der Waals surface area (Å²) in [6.45, 7) is 3.29. The fraction of sp³-hybridized carbons (Fsp3) is 0.588. The zero-order chi connectivity index (χ0) is 16.4. The van der Waals surface area contributed by atoms with Crippen LogP contribution in [-0.2, 0) is 0 Å². The van der Waals surface area contributed by atoms with Crippen LogP contribution in [-0.4, -0.2) is 51.7 Å². The zero-order valence-electron chi connectivity index (χ0n) is 14.1. The second-order valence-corrected chi connectivity index (χ2v) is 7.00. The number of H-pyrrole nitrogens is 1. The third-order valence-electron chi connectivity index (χ3n) is 4.91. The van der Waals surface area contributed by atoms with E-state index in [1.165, 1.54) is 44.5 Å². The van der Waals surface area contributed by atoms with Gasteiger partial charge >= 0.3 is 0 Å². The summed E-state index contributed by atoms with van der Waals surface area (Å²) in [7, 11) is 2.19. The Bertz CT molecular complexity index is 671. The van der Waals surface area contributed by atoms with Gasteiger partial charge in [-0.1, -0.05) is 0 Å². The second-order valence-electron chi connectivity index (χ2n) is 7.00. The largest absolute Gasteiger partial charge is 0.354 e. The molecular formula is C17H25N7. The van der Waals surface area contributed by atoms with E-state index in [1.807, 2.05) is 6.07 Å². The molecule has 0 spiro atoms. The van der Waals surface area contributed by atoms with Crippen LogP contribution in [0.4, 0.5) is 17.6 Å². The molecule has 0 amide bonds. The number of nitrogens with zero attached hydrogens (tertiary/aromatic N) is 4. The molecule has 2 aliphatic rings. The summed E-state index contributed by atoms with van der Waals surface area (Å²) >= 11 is 0. The molecule has 7 heteroatoms. The lowest BCUT2D eigenvalue weighted by atomic mass is 9.97. The van der Waals surface area contributed by atoms with Gasteiger partial charge in [0.2, 0.25) is 5.95 Å². The number of hydrogen-bond acceptors (Lipinski definition) is 6. The first-order valence-electron chi connectivity index (χ1n) is 8.84. The molecular weight excluding hydrogens is 302 g/mol. The fourth-order valence-corrected chi connectivity index (χ4v) is 3.15. The Morgan fingerprint density at radius 1 is 1.21 bits per heavy atom. The van der Waals surface area contributed by atoms with E-state index in [0.717, 1.165) is 18.2 Å². The predicted octanol–water partition coefficient (Wildman–Crippen LogP) is 2.57. The molecule has 7 nitrogen and oxygen atoms in total. The van der Waals surface area contributed by atoms with Crippen LogP contribution >= 0.6 is 0 Å². The van der Waals surface area contributed by atoms with Crippen molar-refractivity contribution in [2.45, 2.75) is 31.6 Å². The van der Waals surface area contributed by atoms with Crippen LogP contribution in [0.3, 0.4) is 0 Å². The summed E-state index contributed by atoms with van der Waals surface area (Å²) in [5.74, 6) is 3.64. The number of piperidine rings is 1. The molecule has 1 aliphatic heterocycles. The lowest BCUT2D eigenvalue weighted by Gasteiger charge is -2.28. The van der Waals surface area contributed by atoms with Crippen LogP contribution in [0.15, 0.2) is 18.3 Å². The Morgan fingerprint density at radius 3 is 2.83 bits per heavy atom. The van der Waals surface area contributed by atoms with Crippen molar-refractivity contribution in [3.8, 4) is 0 Å². The van der Waals surface area contributed by atoms with Gasteiger partial charge in [0.05, 0.1) is 0 Å². The van der Waals surface area contributed by atoms with Crippen LogP contribution in [0.2, 0.25) is 0 Å². The van der Waals surface area contributed by atoms with Crippen LogP contribution in [0, 0.1) is 5.92 Å². The zero-order valence-corrected chi connectivity index (χ0v) is 14.1. The fourth-order valence-electron chi connectivity index (χ4n) is 3.15. The number of aromatic nitrogens is 4. The first-order chi connectivity index (χ1) is 11.8. The summed E-state index contributed by atoms with van der Waals surface area (Å²) in [6, 6.07) is 3.94. The Kier molecular flexibility index (Phi) is 4.34. The summed E-state index contributed by atoms with van der Waals surface area (Å²) in [5, 5.41) is 14.0. The average molecular weight is 327 g/mol. The summed E-state index contributed by atoms with van der Waals surface area (Å²) in [6.07, 6.45) is 6.78. The van der Waals surface area contributed by atoms with E-state index in [0.29, 0.717) is 17.8 Å². The maximum Gasteiger partial charge on any atom is 0.224 e. The molecule has 2 aromatic rings. The van der Waals surface area contributed by atoms with Gasteiger partial charge in [0.1, 0.15) is 5.82 Å². The highest BCUT2D eigenvalue weighted by atomic mass is 15.2. The van der Waals surface area contributed by atoms with Crippen molar-refractivity contribution >= 4 is 17.6 Å². The van der Waals surface area contributed by atoms with E-state index >= 15 is 0 Å². The molecule has 1 saturated carbocycles. The van der Waals surface area contributed by atoms with E-state index in [4.69, 9.17) is 0 Å². The Balaban J connectivity index is 1.32. The first-order valence-corrected chi connectivity index (χ1v) is 8.84. The van der Waals surface area contributed by atoms with Gasteiger partial charge in [0.25, 0.3) is 0 Å². The van der Waals surface area contributed by atoms with E-state index in [1.54, 1.807) is 6.20 Å². The van der Waals surface area contributed by atoms with Gasteiger partial charge in [-0.15, -0.1) is 0 Å². The third kappa shape index (κ3) is 3.84. The highest BCUT2D eigenvalue weighted by Gasteiger charge is 2.25. The van der Waals surface area contributed by atoms with Crippen molar-refractivity contribution in [3.63, 3.8) is 0 Å². The molecule has 24 heavy (non-hydrogen) atoms. The number of rotatable bonds is 6. The van der Waals surface area contributed by atoms with Gasteiger partial charge < -0.3 is 15.5 Å². The van der Waals surface area contributed by atoms with Gasteiger partial charge in [-0.3, -0.25) is 5.10 Å². The Morgan fingerprint density at radius 2 is 2.04 bits per heavy atom. The van der Waals surface area contributed by atoms with E-state index < -0.39 is 0 Å². The third-order valence-corrected chi connectivity index (χ3v) is 4.91. The van der Waals surface area contributed by atoms with E-state index in [9.17, 15) is 0 Å². The van der Waals surface area contributed by atoms with Gasteiger partial charge in [0.15, 0.2) is 5.82 Å². The van der Waals surface area contributed by atoms with Crippen molar-refractivity contribution in [2.75, 3.05) is 37.3 Å². The summed E-state index contributed by atoms with van der Waals surface area (Å²) in [5.41, 5.74) is 1.21. The standard InChI is InChI=1S/C17H25N7/c1-24-8-5-12(6-9-24)11-19-17-18-7-4-15(21-17)20-16-10-14(22-23-16)13-2-3-13/h4,7,10,12-13H,2-3,5-6,8-9,11H2,1H3,(H3,18,19,20,21,22,23). The number of anilines is 3. The summed E-state index contributed by atoms with van der Waals surface area (Å²) < 4.78 is 0. The van der Waals surface area contributed by atoms with Crippen LogP contribution in [0.5, 0.6) is 0 Å². The smallest absolute Gasteiger partial charge is 0.224 e. The molecule has 0 aromatic carbocycles. The van der Waals surface area contributed by atoms with Crippen molar-refractivity contribution in [1.82, 2.24) is 25.1 Å². The molecule has 4 rings (SSSR count). The maximum absolute atomic E-state index is 4.54. The highest BCUT2D eigenvalue weighted by Crippen LogP contribution is 2.39. The lowest BCUT2D eigenvalue weighted by molar-refractivity contribution is 0.226. The molecule has 2 aromatic heterocycles. The SMILES string of the molecule is CN1CCC(CNc2nccc(Nc3cc(C4CC4)[nH]n3)n2)CC1. The molecule has 3 heterocycles. The normalized spacial score (nSPS) is 19.4. The Hall–Kier alpha value is -2.15. The van der Waals surface area contributed by atoms with Crippen molar-refractivity contribution in [3.05, 3.63) is 24.0 Å². The van der Waals surface area contributed by atoms with Gasteiger partial charge in [-0.25, -0.2) is 4.98 Å². The molecule has 2 fully saturated rings. The molecule has 0 unspecified atom stereocenters. The minimum atomic E-state index is 0.671. The number of aromatic amines is 1. The molecule has 128 valence electrons. The minimum absolute atomic E-state index is 0.671. The van der Waals surface area contributed by atoms with Crippen molar-refractivity contribution < 1.29 is 0 Å². The molecule has 0 bridgehead atoms. The van der Waals surface area contributed by atoms with Gasteiger partial charge in [0, 0.05) is 30.4 Å². The topological polar surface area (TPSA) is 81.8 Å². The van der Waals surface area contributed by atoms with Crippen molar-refractivity contribution in [1.29, 1.82) is 0 Å². The lowest BCUT2D eigenvalue weighted by Crippen LogP contribution is -2.33. The van der Waals surface area contributed by atoms with Gasteiger partial charge in [-0.05, 0) is 57.8 Å². The molecule has 1 saturated heterocycles. The van der Waals surface area contributed by atoms with Gasteiger partial charge in [-0.2, -0.15) is 10.1 Å². The molecule has 3 N–H and O–H groups in total. The Labute approximate surface area is 142 Å².